The molecule has 6 nitrogen and oxygen atoms in total. The molecule has 0 aliphatic carbocycles. The van der Waals surface area contributed by atoms with Crippen LogP contribution in [0.4, 0.5) is 10.5 Å². The SMILES string of the molecule is CCOc1ccc(C=C2SC(=O)N(CN3CCN(c4ccc(C)cc4)CC3)C2=O)cc1. The molecule has 7 heteroatoms. The Morgan fingerprint density at radius 3 is 2.29 bits per heavy atom. The highest BCUT2D eigenvalue weighted by Gasteiger charge is 2.36. The van der Waals surface area contributed by atoms with Gasteiger partial charge in [-0.15, -0.1) is 0 Å². The number of anilines is 1. The van der Waals surface area contributed by atoms with Gasteiger partial charge in [0.05, 0.1) is 18.2 Å². The Labute approximate surface area is 187 Å². The minimum Gasteiger partial charge on any atom is -0.494 e. The normalized spacial score (nSPS) is 18.8. The van der Waals surface area contributed by atoms with Crippen LogP contribution >= 0.6 is 11.8 Å². The molecule has 2 aromatic rings. The maximum atomic E-state index is 12.8. The fraction of sp³-hybridized carbons (Fsp3) is 0.333. The maximum absolute atomic E-state index is 12.8. The van der Waals surface area contributed by atoms with Crippen LogP contribution in [0.3, 0.4) is 0 Å². The van der Waals surface area contributed by atoms with E-state index in [1.165, 1.54) is 16.2 Å². The average molecular weight is 438 g/mol. The third-order valence-corrected chi connectivity index (χ3v) is 6.38. The minimum atomic E-state index is -0.218. The third kappa shape index (κ3) is 5.11. The summed E-state index contributed by atoms with van der Waals surface area (Å²) in [6.07, 6.45) is 1.77. The molecule has 31 heavy (non-hydrogen) atoms. The molecule has 4 rings (SSSR count). The van der Waals surface area contributed by atoms with Gasteiger partial charge in [0.25, 0.3) is 11.1 Å². The molecule has 0 saturated carbocycles. The monoisotopic (exact) mass is 437 g/mol. The molecule has 0 bridgehead atoms. The second kappa shape index (κ2) is 9.58. The summed E-state index contributed by atoms with van der Waals surface area (Å²) >= 11 is 1.01. The van der Waals surface area contributed by atoms with Crippen molar-refractivity contribution in [2.45, 2.75) is 13.8 Å². The smallest absolute Gasteiger partial charge is 0.294 e. The van der Waals surface area contributed by atoms with Crippen LogP contribution in [0.15, 0.2) is 53.4 Å². The van der Waals surface area contributed by atoms with Crippen LogP contribution in [0.5, 0.6) is 5.75 Å². The van der Waals surface area contributed by atoms with Crippen molar-refractivity contribution in [3.63, 3.8) is 0 Å². The number of ether oxygens (including phenoxy) is 1. The first-order valence-electron chi connectivity index (χ1n) is 10.6. The molecule has 0 unspecified atom stereocenters. The number of benzene rings is 2. The number of hydrogen-bond donors (Lipinski definition) is 0. The molecule has 0 radical (unpaired) electrons. The van der Waals surface area contributed by atoms with Gasteiger partial charge in [-0.1, -0.05) is 29.8 Å². The van der Waals surface area contributed by atoms with Crippen molar-refractivity contribution < 1.29 is 14.3 Å². The summed E-state index contributed by atoms with van der Waals surface area (Å²) in [6, 6.07) is 16.1. The van der Waals surface area contributed by atoms with E-state index in [2.05, 4.69) is 41.0 Å². The van der Waals surface area contributed by atoms with E-state index in [9.17, 15) is 9.59 Å². The molecule has 2 saturated heterocycles. The molecule has 0 N–H and O–H groups in total. The number of carbonyl (C=O) groups excluding carboxylic acids is 2. The van der Waals surface area contributed by atoms with Crippen LogP contribution in [-0.4, -0.2) is 60.4 Å². The zero-order chi connectivity index (χ0) is 21.8. The van der Waals surface area contributed by atoms with Crippen molar-refractivity contribution in [1.29, 1.82) is 0 Å². The number of rotatable bonds is 6. The van der Waals surface area contributed by atoms with E-state index in [1.807, 2.05) is 31.2 Å². The zero-order valence-electron chi connectivity index (χ0n) is 17.9. The summed E-state index contributed by atoms with van der Waals surface area (Å²) in [7, 11) is 0. The number of nitrogens with zero attached hydrogens (tertiary/aromatic N) is 3. The molecule has 0 aromatic heterocycles. The van der Waals surface area contributed by atoms with E-state index < -0.39 is 0 Å². The van der Waals surface area contributed by atoms with Gasteiger partial charge in [0.1, 0.15) is 5.75 Å². The lowest BCUT2D eigenvalue weighted by molar-refractivity contribution is -0.124. The van der Waals surface area contributed by atoms with Crippen molar-refractivity contribution in [3.8, 4) is 5.75 Å². The topological polar surface area (TPSA) is 53.1 Å². The van der Waals surface area contributed by atoms with Crippen LogP contribution in [-0.2, 0) is 4.79 Å². The molecular formula is C24H27N3O3S. The Hall–Kier alpha value is -2.77. The van der Waals surface area contributed by atoms with E-state index in [-0.39, 0.29) is 11.1 Å². The van der Waals surface area contributed by atoms with Crippen molar-refractivity contribution in [2.75, 3.05) is 44.4 Å². The van der Waals surface area contributed by atoms with Gasteiger partial charge in [0, 0.05) is 31.9 Å². The Bertz CT molecular complexity index is 965. The highest BCUT2D eigenvalue weighted by Crippen LogP contribution is 2.32. The molecule has 2 amide bonds. The summed E-state index contributed by atoms with van der Waals surface area (Å²) in [6.45, 7) is 8.35. The largest absolute Gasteiger partial charge is 0.494 e. The lowest BCUT2D eigenvalue weighted by Gasteiger charge is -2.37. The fourth-order valence-electron chi connectivity index (χ4n) is 3.70. The standard InChI is InChI=1S/C24H27N3O3S/c1-3-30-21-10-6-19(7-11-21)16-22-23(28)27(24(29)31-22)17-25-12-14-26(15-13-25)20-8-4-18(2)5-9-20/h4-11,16H,3,12-15,17H2,1-2H3. The third-order valence-electron chi connectivity index (χ3n) is 5.48. The number of hydrogen-bond acceptors (Lipinski definition) is 6. The molecule has 0 spiro atoms. The fourth-order valence-corrected chi connectivity index (χ4v) is 4.53. The zero-order valence-corrected chi connectivity index (χ0v) is 18.7. The predicted molar refractivity (Wildman–Crippen MR) is 125 cm³/mol. The van der Waals surface area contributed by atoms with E-state index in [0.717, 1.165) is 49.3 Å². The molecule has 162 valence electrons. The molecule has 0 atom stereocenters. The molecule has 2 aliphatic heterocycles. The van der Waals surface area contributed by atoms with Gasteiger partial charge in [0.2, 0.25) is 0 Å². The van der Waals surface area contributed by atoms with E-state index >= 15 is 0 Å². The predicted octanol–water partition coefficient (Wildman–Crippen LogP) is 4.21. The lowest BCUT2D eigenvalue weighted by atomic mass is 10.2. The number of thioether (sulfide) groups is 1. The van der Waals surface area contributed by atoms with Gasteiger partial charge in [0.15, 0.2) is 0 Å². The van der Waals surface area contributed by atoms with Gasteiger partial charge in [-0.05, 0) is 61.5 Å². The Balaban J connectivity index is 1.34. The second-order valence-electron chi connectivity index (χ2n) is 7.69. The number of carbonyl (C=O) groups is 2. The quantitative estimate of drug-likeness (QED) is 0.631. The van der Waals surface area contributed by atoms with Gasteiger partial charge < -0.3 is 9.64 Å². The van der Waals surface area contributed by atoms with Crippen molar-refractivity contribution in [2.24, 2.45) is 0 Å². The molecule has 2 aliphatic rings. The van der Waals surface area contributed by atoms with E-state index in [0.29, 0.717) is 18.2 Å². The summed E-state index contributed by atoms with van der Waals surface area (Å²) in [4.78, 5) is 31.7. The van der Waals surface area contributed by atoms with E-state index in [4.69, 9.17) is 4.74 Å². The van der Waals surface area contributed by atoms with Gasteiger partial charge in [-0.25, -0.2) is 0 Å². The van der Waals surface area contributed by atoms with Gasteiger partial charge in [-0.2, -0.15) is 0 Å². The second-order valence-corrected chi connectivity index (χ2v) is 8.69. The number of amides is 2. The van der Waals surface area contributed by atoms with Gasteiger partial charge in [-0.3, -0.25) is 19.4 Å². The average Bonchev–Trinajstić information content (AvgIpc) is 3.04. The highest BCUT2D eigenvalue weighted by molar-refractivity contribution is 8.18. The molecule has 2 aromatic carbocycles. The van der Waals surface area contributed by atoms with Crippen molar-refractivity contribution in [3.05, 3.63) is 64.6 Å². The minimum absolute atomic E-state index is 0.205. The van der Waals surface area contributed by atoms with Crippen LogP contribution in [0, 0.1) is 6.92 Å². The molecular weight excluding hydrogens is 410 g/mol. The van der Waals surface area contributed by atoms with Gasteiger partial charge >= 0.3 is 0 Å². The summed E-state index contributed by atoms with van der Waals surface area (Å²) in [5.74, 6) is 0.572. The Kier molecular flexibility index (Phi) is 6.63. The van der Waals surface area contributed by atoms with Crippen LogP contribution in [0.1, 0.15) is 18.1 Å². The Morgan fingerprint density at radius 2 is 1.65 bits per heavy atom. The highest BCUT2D eigenvalue weighted by atomic mass is 32.2. The first-order valence-corrected chi connectivity index (χ1v) is 11.4. The number of piperazine rings is 1. The van der Waals surface area contributed by atoms with Crippen LogP contribution in [0.2, 0.25) is 0 Å². The summed E-state index contributed by atoms with van der Waals surface area (Å²) < 4.78 is 5.45. The van der Waals surface area contributed by atoms with Crippen LogP contribution in [0.25, 0.3) is 6.08 Å². The van der Waals surface area contributed by atoms with Crippen LogP contribution < -0.4 is 9.64 Å². The number of imide groups is 1. The first kappa shape index (κ1) is 21.5. The Morgan fingerprint density at radius 1 is 0.968 bits per heavy atom. The summed E-state index contributed by atoms with van der Waals surface area (Å²) in [5.41, 5.74) is 3.34. The lowest BCUT2D eigenvalue weighted by Crippen LogP contribution is -2.50. The molecule has 2 heterocycles. The first-order chi connectivity index (χ1) is 15.0. The maximum Gasteiger partial charge on any atom is 0.294 e. The summed E-state index contributed by atoms with van der Waals surface area (Å²) in [5, 5.41) is -0.205. The van der Waals surface area contributed by atoms with Crippen molar-refractivity contribution >= 4 is 34.7 Å². The number of aryl methyl sites for hydroxylation is 1. The van der Waals surface area contributed by atoms with Crippen molar-refractivity contribution in [1.82, 2.24) is 9.80 Å². The molecule has 2 fully saturated rings. The van der Waals surface area contributed by atoms with E-state index in [1.54, 1.807) is 6.08 Å².